The zero-order valence-corrected chi connectivity index (χ0v) is 11.4. The van der Waals surface area contributed by atoms with Crippen LogP contribution in [0.3, 0.4) is 0 Å². The van der Waals surface area contributed by atoms with E-state index >= 15 is 0 Å². The third kappa shape index (κ3) is 4.75. The predicted octanol–water partition coefficient (Wildman–Crippen LogP) is 2.06. The van der Waals surface area contributed by atoms with Crippen molar-refractivity contribution in [2.75, 3.05) is 31.1 Å². The summed E-state index contributed by atoms with van der Waals surface area (Å²) < 4.78 is 0. The van der Waals surface area contributed by atoms with E-state index in [-0.39, 0.29) is 0 Å². The van der Waals surface area contributed by atoms with Crippen molar-refractivity contribution >= 4 is 11.8 Å². The van der Waals surface area contributed by atoms with Gasteiger partial charge in [0.2, 0.25) is 0 Å². The topological polar surface area (TPSA) is 15.3 Å². The van der Waals surface area contributed by atoms with E-state index in [0.29, 0.717) is 12.1 Å². The van der Waals surface area contributed by atoms with Gasteiger partial charge in [0.05, 0.1) is 0 Å². The molecular formula is C12H26N2S. The van der Waals surface area contributed by atoms with Crippen LogP contribution in [-0.4, -0.2) is 48.1 Å². The Balaban J connectivity index is 2.41. The second-order valence-electron chi connectivity index (χ2n) is 5.02. The molecule has 0 aromatic carbocycles. The van der Waals surface area contributed by atoms with E-state index < -0.39 is 0 Å². The fraction of sp³-hybridized carbons (Fsp3) is 1.00. The van der Waals surface area contributed by atoms with Crippen LogP contribution in [0.25, 0.3) is 0 Å². The van der Waals surface area contributed by atoms with Crippen LogP contribution in [0.2, 0.25) is 0 Å². The molecule has 1 N–H and O–H groups in total. The molecule has 0 aromatic rings. The molecule has 3 heteroatoms. The Morgan fingerprint density at radius 2 is 1.73 bits per heavy atom. The molecule has 0 aliphatic carbocycles. The van der Waals surface area contributed by atoms with Gasteiger partial charge in [0.25, 0.3) is 0 Å². The highest BCUT2D eigenvalue weighted by Crippen LogP contribution is 2.16. The van der Waals surface area contributed by atoms with Crippen LogP contribution in [0.5, 0.6) is 0 Å². The van der Waals surface area contributed by atoms with Crippen molar-refractivity contribution in [3.8, 4) is 0 Å². The maximum Gasteiger partial charge on any atom is 0.0244 e. The normalized spacial score (nSPS) is 21.2. The van der Waals surface area contributed by atoms with E-state index in [1.807, 2.05) is 0 Å². The summed E-state index contributed by atoms with van der Waals surface area (Å²) in [6.45, 7) is 12.8. The van der Waals surface area contributed by atoms with Gasteiger partial charge in [-0.15, -0.1) is 0 Å². The molecule has 0 amide bonds. The number of rotatable bonds is 5. The molecule has 1 unspecified atom stereocenters. The zero-order chi connectivity index (χ0) is 11.3. The number of hydrogen-bond acceptors (Lipinski definition) is 3. The molecule has 0 radical (unpaired) electrons. The standard InChI is InChI=1S/C12H26N2S/c1-10(2)12(9-13-11(3)4)14-5-7-15-8-6-14/h10-13H,5-9H2,1-4H3. The summed E-state index contributed by atoms with van der Waals surface area (Å²) in [5.41, 5.74) is 0. The van der Waals surface area contributed by atoms with Crippen molar-refractivity contribution in [2.45, 2.75) is 39.8 Å². The monoisotopic (exact) mass is 230 g/mol. The Morgan fingerprint density at radius 3 is 2.20 bits per heavy atom. The van der Waals surface area contributed by atoms with Gasteiger partial charge < -0.3 is 5.32 Å². The summed E-state index contributed by atoms with van der Waals surface area (Å²) in [4.78, 5) is 2.66. The smallest absolute Gasteiger partial charge is 0.0244 e. The highest BCUT2D eigenvalue weighted by Gasteiger charge is 2.23. The molecule has 0 saturated carbocycles. The maximum absolute atomic E-state index is 3.58. The lowest BCUT2D eigenvalue weighted by atomic mass is 10.0. The van der Waals surface area contributed by atoms with Gasteiger partial charge in [-0.25, -0.2) is 0 Å². The molecule has 1 heterocycles. The molecule has 1 atom stereocenters. The van der Waals surface area contributed by atoms with Gasteiger partial charge in [0, 0.05) is 43.2 Å². The Morgan fingerprint density at radius 1 is 1.13 bits per heavy atom. The van der Waals surface area contributed by atoms with Gasteiger partial charge in [0.1, 0.15) is 0 Å². The quantitative estimate of drug-likeness (QED) is 0.778. The first-order valence-corrected chi connectivity index (χ1v) is 7.32. The average molecular weight is 230 g/mol. The number of nitrogens with one attached hydrogen (secondary N) is 1. The minimum Gasteiger partial charge on any atom is -0.313 e. The molecule has 1 aliphatic heterocycles. The molecule has 0 bridgehead atoms. The predicted molar refractivity (Wildman–Crippen MR) is 70.7 cm³/mol. The summed E-state index contributed by atoms with van der Waals surface area (Å²) in [7, 11) is 0. The van der Waals surface area contributed by atoms with Crippen molar-refractivity contribution in [2.24, 2.45) is 5.92 Å². The van der Waals surface area contributed by atoms with Gasteiger partial charge in [-0.1, -0.05) is 27.7 Å². The van der Waals surface area contributed by atoms with Crippen LogP contribution in [0, 0.1) is 5.92 Å². The Labute approximate surface area is 99.2 Å². The number of nitrogens with zero attached hydrogens (tertiary/aromatic N) is 1. The third-order valence-corrected chi connectivity index (χ3v) is 3.96. The first-order valence-electron chi connectivity index (χ1n) is 6.16. The molecule has 2 nitrogen and oxygen atoms in total. The van der Waals surface area contributed by atoms with E-state index in [1.54, 1.807) is 0 Å². The van der Waals surface area contributed by atoms with Crippen LogP contribution < -0.4 is 5.32 Å². The summed E-state index contributed by atoms with van der Waals surface area (Å²) in [6, 6.07) is 1.32. The maximum atomic E-state index is 3.58. The van der Waals surface area contributed by atoms with Crippen molar-refractivity contribution in [3.05, 3.63) is 0 Å². The van der Waals surface area contributed by atoms with Gasteiger partial charge >= 0.3 is 0 Å². The molecule has 0 aromatic heterocycles. The fourth-order valence-electron chi connectivity index (χ4n) is 2.05. The summed E-state index contributed by atoms with van der Waals surface area (Å²) in [6.07, 6.45) is 0. The second-order valence-corrected chi connectivity index (χ2v) is 6.25. The van der Waals surface area contributed by atoms with Crippen LogP contribution in [0.1, 0.15) is 27.7 Å². The van der Waals surface area contributed by atoms with E-state index in [1.165, 1.54) is 24.6 Å². The zero-order valence-electron chi connectivity index (χ0n) is 10.6. The fourth-order valence-corrected chi connectivity index (χ4v) is 2.98. The molecule has 15 heavy (non-hydrogen) atoms. The molecule has 1 fully saturated rings. The highest BCUT2D eigenvalue weighted by atomic mass is 32.2. The van der Waals surface area contributed by atoms with Crippen molar-refractivity contribution < 1.29 is 0 Å². The summed E-state index contributed by atoms with van der Waals surface area (Å²) >= 11 is 2.09. The Kier molecular flexibility index (Phi) is 6.02. The van der Waals surface area contributed by atoms with Crippen LogP contribution >= 0.6 is 11.8 Å². The van der Waals surface area contributed by atoms with Crippen molar-refractivity contribution in [3.63, 3.8) is 0 Å². The molecule has 1 aliphatic rings. The lowest BCUT2D eigenvalue weighted by Gasteiger charge is -2.37. The molecule has 1 saturated heterocycles. The lowest BCUT2D eigenvalue weighted by molar-refractivity contribution is 0.164. The number of thioether (sulfide) groups is 1. The highest BCUT2D eigenvalue weighted by molar-refractivity contribution is 7.99. The minimum atomic E-state index is 0.602. The first kappa shape index (κ1) is 13.3. The summed E-state index contributed by atoms with van der Waals surface area (Å²) in [5.74, 6) is 3.37. The van der Waals surface area contributed by atoms with Crippen LogP contribution in [0.4, 0.5) is 0 Å². The van der Waals surface area contributed by atoms with E-state index in [2.05, 4.69) is 49.7 Å². The van der Waals surface area contributed by atoms with Gasteiger partial charge in [-0.05, 0) is 5.92 Å². The average Bonchev–Trinajstić information content (AvgIpc) is 2.18. The SMILES string of the molecule is CC(C)NCC(C(C)C)N1CCSCC1. The van der Waals surface area contributed by atoms with Crippen molar-refractivity contribution in [1.82, 2.24) is 10.2 Å². The third-order valence-electron chi connectivity index (χ3n) is 3.02. The van der Waals surface area contributed by atoms with Crippen LogP contribution in [-0.2, 0) is 0 Å². The first-order chi connectivity index (χ1) is 7.11. The molecule has 90 valence electrons. The Bertz CT molecular complexity index is 165. The minimum absolute atomic E-state index is 0.602. The van der Waals surface area contributed by atoms with E-state index in [0.717, 1.165) is 12.5 Å². The molecular weight excluding hydrogens is 204 g/mol. The van der Waals surface area contributed by atoms with Crippen LogP contribution in [0.15, 0.2) is 0 Å². The summed E-state index contributed by atoms with van der Waals surface area (Å²) in [5, 5.41) is 3.58. The van der Waals surface area contributed by atoms with Gasteiger partial charge in [0.15, 0.2) is 0 Å². The van der Waals surface area contributed by atoms with E-state index in [9.17, 15) is 0 Å². The molecule has 0 spiro atoms. The lowest BCUT2D eigenvalue weighted by Crippen LogP contribution is -2.49. The second kappa shape index (κ2) is 6.77. The largest absolute Gasteiger partial charge is 0.313 e. The van der Waals surface area contributed by atoms with Crippen molar-refractivity contribution in [1.29, 1.82) is 0 Å². The Hall–Kier alpha value is 0.270. The van der Waals surface area contributed by atoms with Gasteiger partial charge in [-0.2, -0.15) is 11.8 Å². The molecule has 1 rings (SSSR count). The van der Waals surface area contributed by atoms with Gasteiger partial charge in [-0.3, -0.25) is 4.90 Å². The number of hydrogen-bond donors (Lipinski definition) is 1. The van der Waals surface area contributed by atoms with E-state index in [4.69, 9.17) is 0 Å².